The third-order valence-corrected chi connectivity index (χ3v) is 2.19. The van der Waals surface area contributed by atoms with E-state index in [2.05, 4.69) is 20.0 Å². The van der Waals surface area contributed by atoms with Gasteiger partial charge in [-0.2, -0.15) is 0 Å². The van der Waals surface area contributed by atoms with Crippen LogP contribution in [0.15, 0.2) is 20.0 Å². The maximum Gasteiger partial charge on any atom is 2.00 e. The SMILES string of the molecule is O=C([O-])C([O-])=NCCCN=C([O-])C([O-])=NCCCN=C([O-])C(=O)[O-].[Cu+2].[Cu+2].[Na+]. The van der Waals surface area contributed by atoms with Crippen molar-refractivity contribution < 1.29 is 104 Å². The first-order chi connectivity index (χ1) is 11.3. The van der Waals surface area contributed by atoms with E-state index in [1.165, 1.54) is 0 Å². The summed E-state index contributed by atoms with van der Waals surface area (Å²) < 4.78 is 0. The molecular formula is C12H12Cu2N4NaO8-. The summed E-state index contributed by atoms with van der Waals surface area (Å²) in [7, 11) is 0. The van der Waals surface area contributed by atoms with E-state index in [1.807, 2.05) is 0 Å². The van der Waals surface area contributed by atoms with Gasteiger partial charge >= 0.3 is 63.7 Å². The number of aliphatic carboxylic acids is 2. The topological polar surface area (TPSA) is 222 Å². The van der Waals surface area contributed by atoms with Crippen molar-refractivity contribution in [2.24, 2.45) is 20.0 Å². The van der Waals surface area contributed by atoms with Crippen LogP contribution in [0, 0.1) is 0 Å². The number of nitrogens with zero attached hydrogens (tertiary/aromatic N) is 4. The van der Waals surface area contributed by atoms with Crippen LogP contribution in [0.2, 0.25) is 0 Å². The van der Waals surface area contributed by atoms with E-state index in [4.69, 9.17) is 0 Å². The average Bonchev–Trinajstić information content (AvgIpc) is 2.52. The van der Waals surface area contributed by atoms with E-state index < -0.39 is 35.5 Å². The van der Waals surface area contributed by atoms with E-state index >= 15 is 0 Å². The molecule has 0 atom stereocenters. The zero-order valence-electron chi connectivity index (χ0n) is 13.9. The number of carboxylic acid groups (broad SMARTS) is 2. The Morgan fingerprint density at radius 2 is 0.741 bits per heavy atom. The second-order valence-corrected chi connectivity index (χ2v) is 4.03. The van der Waals surface area contributed by atoms with Crippen molar-refractivity contribution in [3.8, 4) is 0 Å². The molecule has 0 aromatic rings. The van der Waals surface area contributed by atoms with Crippen molar-refractivity contribution in [1.29, 1.82) is 0 Å². The van der Waals surface area contributed by atoms with Crippen LogP contribution in [0.4, 0.5) is 0 Å². The molecule has 12 nitrogen and oxygen atoms in total. The fourth-order valence-corrected chi connectivity index (χ4v) is 1.13. The van der Waals surface area contributed by atoms with Gasteiger partial charge < -0.3 is 50.2 Å². The molecule has 0 saturated heterocycles. The summed E-state index contributed by atoms with van der Waals surface area (Å²) in [5.74, 6) is -8.99. The quantitative estimate of drug-likeness (QED) is 0.137. The Labute approximate surface area is 197 Å². The molecule has 0 N–H and O–H groups in total. The predicted molar refractivity (Wildman–Crippen MR) is 68.5 cm³/mol. The minimum Gasteiger partial charge on any atom is -0.858 e. The molecule has 0 aromatic heterocycles. The van der Waals surface area contributed by atoms with E-state index in [0.717, 1.165) is 0 Å². The number of carbonyl (C=O) groups excluding carboxylic acids is 2. The monoisotopic (exact) mass is 489 g/mol. The minimum absolute atomic E-state index is 0. The van der Waals surface area contributed by atoms with Gasteiger partial charge in [0.2, 0.25) is 0 Å². The van der Waals surface area contributed by atoms with Crippen LogP contribution in [0.25, 0.3) is 0 Å². The third kappa shape index (κ3) is 18.0. The Balaban J connectivity index is -0.000000882. The summed E-state index contributed by atoms with van der Waals surface area (Å²) >= 11 is 0. The van der Waals surface area contributed by atoms with E-state index in [-0.39, 0.29) is 103 Å². The number of hydrogen-bond acceptors (Lipinski definition) is 12. The van der Waals surface area contributed by atoms with Crippen LogP contribution in [0.3, 0.4) is 0 Å². The molecule has 0 heterocycles. The Morgan fingerprint density at radius 1 is 0.519 bits per heavy atom. The number of carbonyl (C=O) groups is 2. The molecule has 0 aliphatic carbocycles. The van der Waals surface area contributed by atoms with E-state index in [9.17, 15) is 40.2 Å². The summed E-state index contributed by atoms with van der Waals surface area (Å²) in [5, 5.41) is 63.6. The number of hydrogen-bond donors (Lipinski definition) is 0. The van der Waals surface area contributed by atoms with Gasteiger partial charge in [-0.25, -0.2) is 0 Å². The van der Waals surface area contributed by atoms with Crippen molar-refractivity contribution >= 4 is 35.5 Å². The van der Waals surface area contributed by atoms with Crippen LogP contribution in [-0.4, -0.2) is 61.7 Å². The summed E-state index contributed by atoms with van der Waals surface area (Å²) in [6.07, 6.45) is 0.143. The Kier molecular flexibility index (Phi) is 24.3. The van der Waals surface area contributed by atoms with Gasteiger partial charge in [0.15, 0.2) is 0 Å². The molecule has 0 amide bonds. The maximum absolute atomic E-state index is 11.2. The predicted octanol–water partition coefficient (Wildman–Crippen LogP) is -10.7. The van der Waals surface area contributed by atoms with Crippen molar-refractivity contribution in [1.82, 2.24) is 0 Å². The van der Waals surface area contributed by atoms with Crippen molar-refractivity contribution in [3.63, 3.8) is 0 Å². The van der Waals surface area contributed by atoms with Gasteiger partial charge in [0, 0.05) is 38.0 Å². The summed E-state index contributed by atoms with van der Waals surface area (Å²) in [6, 6.07) is 0. The Bertz CT molecular complexity index is 534. The van der Waals surface area contributed by atoms with E-state index in [0.29, 0.717) is 0 Å². The molecular weight excluding hydrogens is 478 g/mol. The van der Waals surface area contributed by atoms with Crippen molar-refractivity contribution in [3.05, 3.63) is 0 Å². The zero-order chi connectivity index (χ0) is 18.5. The first-order valence-corrected chi connectivity index (χ1v) is 6.54. The summed E-state index contributed by atoms with van der Waals surface area (Å²) in [5.41, 5.74) is 0. The summed E-state index contributed by atoms with van der Waals surface area (Å²) in [6.45, 7) is -0.690. The molecule has 152 valence electrons. The van der Waals surface area contributed by atoms with E-state index in [1.54, 1.807) is 0 Å². The van der Waals surface area contributed by atoms with Crippen LogP contribution >= 0.6 is 0 Å². The van der Waals surface area contributed by atoms with Crippen molar-refractivity contribution in [2.75, 3.05) is 26.2 Å². The normalized spacial score (nSPS) is 12.3. The largest absolute Gasteiger partial charge is 2.00 e. The standard InChI is InChI=1S/C12H18N4O8.2Cu.Na/c17-7(13-3-1-5-15-9(19)11(21)22)8(18)14-4-2-6-16-10(20)12(23)24;;;/h1-6H2,(H,13,17)(H,14,18)(H,15,19)(H,16,20)(H,21,22)(H,23,24);;;/q;2*+2;+1/p-6. The van der Waals surface area contributed by atoms with Gasteiger partial charge in [0.1, 0.15) is 0 Å². The molecule has 27 heavy (non-hydrogen) atoms. The molecule has 0 spiro atoms. The maximum atomic E-state index is 11.2. The zero-order valence-corrected chi connectivity index (χ0v) is 17.8. The number of carboxylic acids is 2. The van der Waals surface area contributed by atoms with Gasteiger partial charge in [-0.3, -0.25) is 9.98 Å². The second kappa shape index (κ2) is 19.6. The van der Waals surface area contributed by atoms with Crippen LogP contribution in [-0.2, 0) is 43.7 Å². The molecule has 0 bridgehead atoms. The molecule has 2 radical (unpaired) electrons. The minimum atomic E-state index is -1.94. The molecule has 0 saturated carbocycles. The Hall–Kier alpha value is -1.14. The van der Waals surface area contributed by atoms with Crippen LogP contribution < -0.4 is 60.2 Å². The molecule has 15 heteroatoms. The van der Waals surface area contributed by atoms with Gasteiger partial charge in [0.05, 0.1) is 11.9 Å². The van der Waals surface area contributed by atoms with Crippen LogP contribution in [0.5, 0.6) is 0 Å². The van der Waals surface area contributed by atoms with Gasteiger partial charge in [-0.05, 0) is 24.6 Å². The third-order valence-electron chi connectivity index (χ3n) is 2.19. The van der Waals surface area contributed by atoms with Crippen LogP contribution in [0.1, 0.15) is 12.8 Å². The fourth-order valence-electron chi connectivity index (χ4n) is 1.13. The first-order valence-electron chi connectivity index (χ1n) is 6.54. The average molecular weight is 490 g/mol. The van der Waals surface area contributed by atoms with Crippen molar-refractivity contribution in [2.45, 2.75) is 12.8 Å². The Morgan fingerprint density at radius 3 is 0.963 bits per heavy atom. The van der Waals surface area contributed by atoms with Gasteiger partial charge in [0.25, 0.3) is 0 Å². The molecule has 0 rings (SSSR count). The molecule has 0 fully saturated rings. The van der Waals surface area contributed by atoms with Gasteiger partial charge in [-0.15, -0.1) is 0 Å². The number of rotatable bonds is 8. The molecule has 0 aromatic carbocycles. The smallest absolute Gasteiger partial charge is 0.858 e. The second-order valence-electron chi connectivity index (χ2n) is 4.03. The van der Waals surface area contributed by atoms with Gasteiger partial charge in [-0.1, -0.05) is 0 Å². The fraction of sp³-hybridized carbons (Fsp3) is 0.500. The first kappa shape index (κ1) is 33.4. The molecule has 0 unspecified atom stereocenters. The molecule has 0 aliphatic heterocycles. The summed E-state index contributed by atoms with van der Waals surface area (Å²) in [4.78, 5) is 32.9. The number of aliphatic imine (C=N–C) groups is 4. The molecule has 0 aliphatic rings.